The second-order valence-electron chi connectivity index (χ2n) is 4.97. The Hall–Kier alpha value is -2.20. The first-order chi connectivity index (χ1) is 10.2. The van der Waals surface area contributed by atoms with Crippen LogP contribution in [-0.2, 0) is 0 Å². The number of pyridine rings is 1. The Kier molecular flexibility index (Phi) is 5.46. The van der Waals surface area contributed by atoms with Gasteiger partial charge >= 0.3 is 0 Å². The topological polar surface area (TPSA) is 54.0 Å². The highest BCUT2D eigenvalue weighted by Crippen LogP contribution is 2.17. The molecule has 2 rings (SSSR count). The maximum absolute atomic E-state index is 12.1. The van der Waals surface area contributed by atoms with Crippen molar-refractivity contribution in [1.82, 2.24) is 10.3 Å². The molecule has 1 amide bonds. The Morgan fingerprint density at radius 2 is 2.10 bits per heavy atom. The van der Waals surface area contributed by atoms with Crippen LogP contribution in [-0.4, -0.2) is 17.4 Å². The Morgan fingerprint density at radius 1 is 1.24 bits per heavy atom. The molecule has 21 heavy (non-hydrogen) atoms. The summed E-state index contributed by atoms with van der Waals surface area (Å²) in [5.74, 6) is -0.193. The molecule has 2 aromatic rings. The summed E-state index contributed by atoms with van der Waals surface area (Å²) in [5.41, 5.74) is 2.36. The Labute approximate surface area is 125 Å². The zero-order valence-corrected chi connectivity index (χ0v) is 12.5. The van der Waals surface area contributed by atoms with E-state index < -0.39 is 0 Å². The number of amides is 1. The molecule has 1 atom stereocenters. The average molecular weight is 283 g/mol. The second-order valence-corrected chi connectivity index (χ2v) is 4.97. The summed E-state index contributed by atoms with van der Waals surface area (Å²) < 4.78 is 0. The fourth-order valence-corrected chi connectivity index (χ4v) is 2.06. The van der Waals surface area contributed by atoms with Crippen molar-refractivity contribution < 1.29 is 4.79 Å². The van der Waals surface area contributed by atoms with Gasteiger partial charge in [-0.15, -0.1) is 0 Å². The van der Waals surface area contributed by atoms with Crippen LogP contribution in [0, 0.1) is 0 Å². The number of aromatic nitrogens is 1. The number of nitrogens with zero attached hydrogens (tertiary/aromatic N) is 1. The lowest BCUT2D eigenvalue weighted by Crippen LogP contribution is -2.19. The lowest BCUT2D eigenvalue weighted by atomic mass is 10.1. The second kappa shape index (κ2) is 7.55. The number of hydrogen-bond donors (Lipinski definition) is 2. The quantitative estimate of drug-likeness (QED) is 0.854. The fraction of sp³-hybridized carbons (Fsp3) is 0.294. The van der Waals surface area contributed by atoms with Crippen LogP contribution < -0.4 is 10.6 Å². The first-order valence-electron chi connectivity index (χ1n) is 7.26. The summed E-state index contributed by atoms with van der Waals surface area (Å²) in [6.45, 7) is 5.24. The first-order valence-corrected chi connectivity index (χ1v) is 7.26. The third kappa shape index (κ3) is 4.39. The van der Waals surface area contributed by atoms with Gasteiger partial charge in [-0.3, -0.25) is 9.78 Å². The van der Waals surface area contributed by atoms with E-state index in [1.54, 1.807) is 24.4 Å². The molecule has 1 unspecified atom stereocenters. The zero-order chi connectivity index (χ0) is 15.1. The third-order valence-corrected chi connectivity index (χ3v) is 3.24. The minimum Gasteiger partial charge on any atom is -0.321 e. The molecule has 4 nitrogen and oxygen atoms in total. The minimum absolute atomic E-state index is 0.193. The van der Waals surface area contributed by atoms with Crippen molar-refractivity contribution in [3.05, 3.63) is 59.9 Å². The molecule has 110 valence electrons. The van der Waals surface area contributed by atoms with Gasteiger partial charge in [0.05, 0.1) is 0 Å². The van der Waals surface area contributed by atoms with E-state index in [2.05, 4.69) is 35.5 Å². The van der Waals surface area contributed by atoms with Crippen molar-refractivity contribution >= 4 is 11.6 Å². The highest BCUT2D eigenvalue weighted by Gasteiger charge is 2.09. The molecule has 1 aromatic heterocycles. The number of carbonyl (C=O) groups is 1. The molecule has 1 heterocycles. The normalized spacial score (nSPS) is 11.9. The average Bonchev–Trinajstić information content (AvgIpc) is 2.53. The zero-order valence-electron chi connectivity index (χ0n) is 12.5. The highest BCUT2D eigenvalue weighted by molar-refractivity contribution is 6.02. The molecule has 4 heteroatoms. The van der Waals surface area contributed by atoms with Gasteiger partial charge in [-0.25, -0.2) is 0 Å². The van der Waals surface area contributed by atoms with E-state index in [9.17, 15) is 4.79 Å². The standard InChI is InChI=1S/C17H21N3O/c1-3-10-18-13(2)14-7-6-8-15(12-14)20-17(21)16-9-4-5-11-19-16/h4-9,11-13,18H,3,10H2,1-2H3,(H,20,21). The lowest BCUT2D eigenvalue weighted by Gasteiger charge is -2.15. The maximum atomic E-state index is 12.1. The Bertz CT molecular complexity index is 584. The maximum Gasteiger partial charge on any atom is 0.274 e. The number of anilines is 1. The van der Waals surface area contributed by atoms with Crippen molar-refractivity contribution in [3.8, 4) is 0 Å². The van der Waals surface area contributed by atoms with E-state index >= 15 is 0 Å². The van der Waals surface area contributed by atoms with E-state index in [0.717, 1.165) is 24.2 Å². The number of benzene rings is 1. The summed E-state index contributed by atoms with van der Waals surface area (Å²) in [4.78, 5) is 16.1. The lowest BCUT2D eigenvalue weighted by molar-refractivity contribution is 0.102. The molecule has 0 fully saturated rings. The van der Waals surface area contributed by atoms with Crippen LogP contribution >= 0.6 is 0 Å². The van der Waals surface area contributed by atoms with E-state index in [4.69, 9.17) is 0 Å². The number of hydrogen-bond acceptors (Lipinski definition) is 3. The molecule has 0 aliphatic rings. The Balaban J connectivity index is 2.06. The molecule has 0 aliphatic heterocycles. The van der Waals surface area contributed by atoms with Gasteiger partial charge in [-0.05, 0) is 49.7 Å². The first kappa shape index (κ1) is 15.2. The third-order valence-electron chi connectivity index (χ3n) is 3.24. The van der Waals surface area contributed by atoms with E-state index in [1.807, 2.05) is 18.2 Å². The van der Waals surface area contributed by atoms with Crippen molar-refractivity contribution in [3.63, 3.8) is 0 Å². The van der Waals surface area contributed by atoms with Gasteiger partial charge in [0, 0.05) is 17.9 Å². The van der Waals surface area contributed by atoms with Gasteiger partial charge in [0.1, 0.15) is 5.69 Å². The van der Waals surface area contributed by atoms with Crippen molar-refractivity contribution in [1.29, 1.82) is 0 Å². The van der Waals surface area contributed by atoms with Gasteiger partial charge in [0.25, 0.3) is 5.91 Å². The molecule has 0 bridgehead atoms. The summed E-state index contributed by atoms with van der Waals surface area (Å²) in [7, 11) is 0. The number of rotatable bonds is 6. The summed E-state index contributed by atoms with van der Waals surface area (Å²) in [5, 5.41) is 6.32. The van der Waals surface area contributed by atoms with Crippen molar-refractivity contribution in [2.24, 2.45) is 0 Å². The number of carbonyl (C=O) groups excluding carboxylic acids is 1. The van der Waals surface area contributed by atoms with Crippen LogP contribution in [0.1, 0.15) is 42.4 Å². The largest absolute Gasteiger partial charge is 0.321 e. The van der Waals surface area contributed by atoms with Crippen LogP contribution in [0.25, 0.3) is 0 Å². The van der Waals surface area contributed by atoms with Crippen LogP contribution in [0.4, 0.5) is 5.69 Å². The van der Waals surface area contributed by atoms with E-state index in [1.165, 1.54) is 0 Å². The monoisotopic (exact) mass is 283 g/mol. The van der Waals surface area contributed by atoms with E-state index in [-0.39, 0.29) is 11.9 Å². The van der Waals surface area contributed by atoms with Gasteiger partial charge in [0.15, 0.2) is 0 Å². The molecule has 0 aliphatic carbocycles. The highest BCUT2D eigenvalue weighted by atomic mass is 16.1. The molecule has 0 radical (unpaired) electrons. The predicted molar refractivity (Wildman–Crippen MR) is 85.3 cm³/mol. The fourth-order valence-electron chi connectivity index (χ4n) is 2.06. The summed E-state index contributed by atoms with van der Waals surface area (Å²) in [6, 6.07) is 13.4. The summed E-state index contributed by atoms with van der Waals surface area (Å²) in [6.07, 6.45) is 2.71. The smallest absolute Gasteiger partial charge is 0.274 e. The molecular weight excluding hydrogens is 262 g/mol. The van der Waals surface area contributed by atoms with Gasteiger partial charge in [-0.2, -0.15) is 0 Å². The number of nitrogens with one attached hydrogen (secondary N) is 2. The Morgan fingerprint density at radius 3 is 2.81 bits per heavy atom. The van der Waals surface area contributed by atoms with Crippen molar-refractivity contribution in [2.45, 2.75) is 26.3 Å². The van der Waals surface area contributed by atoms with Crippen LogP contribution in [0.5, 0.6) is 0 Å². The van der Waals surface area contributed by atoms with Gasteiger partial charge in [0.2, 0.25) is 0 Å². The van der Waals surface area contributed by atoms with Gasteiger partial charge in [-0.1, -0.05) is 25.1 Å². The molecule has 2 N–H and O–H groups in total. The molecule has 0 saturated carbocycles. The van der Waals surface area contributed by atoms with Crippen LogP contribution in [0.3, 0.4) is 0 Å². The predicted octanol–water partition coefficient (Wildman–Crippen LogP) is 3.39. The molecule has 0 saturated heterocycles. The molecule has 0 spiro atoms. The van der Waals surface area contributed by atoms with Crippen molar-refractivity contribution in [2.75, 3.05) is 11.9 Å². The molecular formula is C17H21N3O. The van der Waals surface area contributed by atoms with Crippen LogP contribution in [0.2, 0.25) is 0 Å². The van der Waals surface area contributed by atoms with E-state index in [0.29, 0.717) is 5.69 Å². The summed E-state index contributed by atoms with van der Waals surface area (Å²) >= 11 is 0. The van der Waals surface area contributed by atoms with Gasteiger partial charge < -0.3 is 10.6 Å². The SMILES string of the molecule is CCCNC(C)c1cccc(NC(=O)c2ccccn2)c1. The van der Waals surface area contributed by atoms with Crippen LogP contribution in [0.15, 0.2) is 48.7 Å². The molecule has 1 aromatic carbocycles. The minimum atomic E-state index is -0.193.